The number of hydrogen-bond acceptors (Lipinski definition) is 3. The van der Waals surface area contributed by atoms with Gasteiger partial charge in [-0.3, -0.25) is 0 Å². The fourth-order valence-corrected chi connectivity index (χ4v) is 3.64. The van der Waals surface area contributed by atoms with E-state index >= 15 is 0 Å². The van der Waals surface area contributed by atoms with Gasteiger partial charge in [-0.15, -0.1) is 0 Å². The molecule has 0 aliphatic rings. The van der Waals surface area contributed by atoms with Crippen LogP contribution in [0.15, 0.2) is 53.0 Å². The molecule has 0 radical (unpaired) electrons. The molecule has 0 fully saturated rings. The van der Waals surface area contributed by atoms with Gasteiger partial charge in [0.1, 0.15) is 11.5 Å². The number of furan rings is 1. The fraction of sp³-hybridized carbons (Fsp3) is 0.381. The molecule has 0 spiro atoms. The SMILES string of the molecule is CC(C)(C)[Si](C)(C)OC(Cc1ccc(C=CC(=O)O)o1)c1ccccc1. The van der Waals surface area contributed by atoms with E-state index in [0.29, 0.717) is 12.2 Å². The van der Waals surface area contributed by atoms with Crippen molar-refractivity contribution in [2.75, 3.05) is 0 Å². The summed E-state index contributed by atoms with van der Waals surface area (Å²) in [6, 6.07) is 13.8. The van der Waals surface area contributed by atoms with Crippen molar-refractivity contribution in [3.63, 3.8) is 0 Å². The lowest BCUT2D eigenvalue weighted by Crippen LogP contribution is -2.42. The molecule has 0 aliphatic carbocycles. The van der Waals surface area contributed by atoms with E-state index in [1.54, 1.807) is 6.07 Å². The summed E-state index contributed by atoms with van der Waals surface area (Å²) in [5.41, 5.74) is 1.12. The van der Waals surface area contributed by atoms with E-state index in [9.17, 15) is 4.79 Å². The van der Waals surface area contributed by atoms with Crippen LogP contribution in [-0.4, -0.2) is 19.4 Å². The smallest absolute Gasteiger partial charge is 0.328 e. The Labute approximate surface area is 156 Å². The Balaban J connectivity index is 2.24. The van der Waals surface area contributed by atoms with Crippen molar-refractivity contribution < 1.29 is 18.7 Å². The van der Waals surface area contributed by atoms with Crippen LogP contribution in [0.3, 0.4) is 0 Å². The number of carbonyl (C=O) groups is 1. The maximum absolute atomic E-state index is 10.6. The van der Waals surface area contributed by atoms with E-state index in [2.05, 4.69) is 46.0 Å². The Hall–Kier alpha value is -2.11. The maximum Gasteiger partial charge on any atom is 0.328 e. The van der Waals surface area contributed by atoms with Gasteiger partial charge in [-0.1, -0.05) is 51.1 Å². The first-order chi connectivity index (χ1) is 12.1. The van der Waals surface area contributed by atoms with Gasteiger partial charge in [0.2, 0.25) is 0 Å². The normalized spacial score (nSPS) is 13.9. The Bertz CT molecular complexity index is 754. The maximum atomic E-state index is 10.6. The quantitative estimate of drug-likeness (QED) is 0.501. The van der Waals surface area contributed by atoms with Crippen LogP contribution in [0, 0.1) is 0 Å². The summed E-state index contributed by atoms with van der Waals surface area (Å²) < 4.78 is 12.4. The molecule has 0 saturated heterocycles. The zero-order valence-electron chi connectivity index (χ0n) is 16.2. The molecule has 2 rings (SSSR count). The lowest BCUT2D eigenvalue weighted by atomic mass is 10.1. The number of aliphatic carboxylic acids is 1. The van der Waals surface area contributed by atoms with Gasteiger partial charge < -0.3 is 13.9 Å². The third-order valence-corrected chi connectivity index (χ3v) is 9.36. The van der Waals surface area contributed by atoms with E-state index in [1.807, 2.05) is 24.3 Å². The topological polar surface area (TPSA) is 59.7 Å². The second-order valence-electron chi connectivity index (χ2n) is 7.96. The molecule has 1 heterocycles. The van der Waals surface area contributed by atoms with E-state index in [-0.39, 0.29) is 11.1 Å². The number of carboxylic acids is 1. The Morgan fingerprint density at radius 2 is 1.85 bits per heavy atom. The minimum atomic E-state index is -1.96. The molecule has 0 saturated carbocycles. The number of rotatable bonds is 7. The first-order valence-corrected chi connectivity index (χ1v) is 11.7. The van der Waals surface area contributed by atoms with E-state index < -0.39 is 14.3 Å². The van der Waals surface area contributed by atoms with Crippen LogP contribution in [0.25, 0.3) is 6.08 Å². The third kappa shape index (κ3) is 5.44. The molecule has 0 aliphatic heterocycles. The molecule has 1 aromatic carbocycles. The monoisotopic (exact) mass is 372 g/mol. The first-order valence-electron chi connectivity index (χ1n) is 8.81. The minimum Gasteiger partial charge on any atom is -0.478 e. The van der Waals surface area contributed by atoms with Crippen molar-refractivity contribution >= 4 is 20.4 Å². The third-order valence-electron chi connectivity index (χ3n) is 4.87. The Morgan fingerprint density at radius 3 is 2.42 bits per heavy atom. The van der Waals surface area contributed by atoms with Crippen LogP contribution in [0.4, 0.5) is 0 Å². The summed E-state index contributed by atoms with van der Waals surface area (Å²) >= 11 is 0. The lowest BCUT2D eigenvalue weighted by Gasteiger charge is -2.39. The van der Waals surface area contributed by atoms with Crippen LogP contribution < -0.4 is 0 Å². The predicted molar refractivity (Wildman–Crippen MR) is 107 cm³/mol. The van der Waals surface area contributed by atoms with Gasteiger partial charge >= 0.3 is 5.97 Å². The molecule has 140 valence electrons. The first kappa shape index (κ1) is 20.2. The standard InChI is InChI=1S/C21H28O4Si/c1-21(2,3)26(4,5)25-19(16-9-7-6-8-10-16)15-18-12-11-17(24-18)13-14-20(22)23/h6-14,19H,15H2,1-5H3,(H,22,23). The van der Waals surface area contributed by atoms with Gasteiger partial charge in [0.05, 0.1) is 6.10 Å². The number of hydrogen-bond donors (Lipinski definition) is 1. The average molecular weight is 373 g/mol. The summed E-state index contributed by atoms with van der Waals surface area (Å²) in [4.78, 5) is 10.6. The minimum absolute atomic E-state index is 0.0976. The lowest BCUT2D eigenvalue weighted by molar-refractivity contribution is -0.131. The molecule has 1 unspecified atom stereocenters. The molecule has 1 N–H and O–H groups in total. The van der Waals surface area contributed by atoms with Gasteiger partial charge in [-0.2, -0.15) is 0 Å². The molecule has 5 heteroatoms. The van der Waals surface area contributed by atoms with Crippen molar-refractivity contribution in [1.82, 2.24) is 0 Å². The molecular formula is C21H28O4Si. The summed E-state index contributed by atoms with van der Waals surface area (Å²) in [7, 11) is -1.96. The number of benzene rings is 1. The van der Waals surface area contributed by atoms with Crippen molar-refractivity contribution in [3.05, 3.63) is 65.6 Å². The predicted octanol–water partition coefficient (Wildman–Crippen LogP) is 5.68. The molecule has 2 aromatic rings. The van der Waals surface area contributed by atoms with E-state index in [4.69, 9.17) is 13.9 Å². The molecular weight excluding hydrogens is 344 g/mol. The zero-order valence-corrected chi connectivity index (χ0v) is 17.2. The van der Waals surface area contributed by atoms with Gasteiger partial charge in [-0.25, -0.2) is 4.79 Å². The van der Waals surface area contributed by atoms with Gasteiger partial charge in [0.15, 0.2) is 8.32 Å². The second-order valence-corrected chi connectivity index (χ2v) is 12.7. The van der Waals surface area contributed by atoms with Crippen LogP contribution in [0.5, 0.6) is 0 Å². The molecule has 1 atom stereocenters. The molecule has 0 bridgehead atoms. The Kier molecular flexibility index (Phi) is 6.26. The number of carboxylic acid groups (broad SMARTS) is 1. The summed E-state index contributed by atoms with van der Waals surface area (Å²) in [5, 5.41) is 8.85. The van der Waals surface area contributed by atoms with Crippen LogP contribution >= 0.6 is 0 Å². The summed E-state index contributed by atoms with van der Waals surface area (Å²) in [6.45, 7) is 11.2. The highest BCUT2D eigenvalue weighted by Gasteiger charge is 2.39. The highest BCUT2D eigenvalue weighted by Crippen LogP contribution is 2.40. The van der Waals surface area contributed by atoms with Crippen LogP contribution in [-0.2, 0) is 15.6 Å². The van der Waals surface area contributed by atoms with E-state index in [0.717, 1.165) is 17.4 Å². The van der Waals surface area contributed by atoms with Crippen molar-refractivity contribution in [2.24, 2.45) is 0 Å². The fourth-order valence-electron chi connectivity index (χ4n) is 2.36. The van der Waals surface area contributed by atoms with Gasteiger partial charge in [-0.05, 0) is 41.9 Å². The average Bonchev–Trinajstić information content (AvgIpc) is 2.99. The Morgan fingerprint density at radius 1 is 1.19 bits per heavy atom. The summed E-state index contributed by atoms with van der Waals surface area (Å²) in [5.74, 6) is 0.315. The molecule has 4 nitrogen and oxygen atoms in total. The van der Waals surface area contributed by atoms with Gasteiger partial charge in [0, 0.05) is 12.5 Å². The zero-order chi connectivity index (χ0) is 19.4. The van der Waals surface area contributed by atoms with Crippen molar-refractivity contribution in [2.45, 2.75) is 51.4 Å². The van der Waals surface area contributed by atoms with Crippen molar-refractivity contribution in [1.29, 1.82) is 0 Å². The van der Waals surface area contributed by atoms with Gasteiger partial charge in [0.25, 0.3) is 0 Å². The second kappa shape index (κ2) is 8.06. The van der Waals surface area contributed by atoms with E-state index in [1.165, 1.54) is 6.08 Å². The van der Waals surface area contributed by atoms with Crippen LogP contribution in [0.2, 0.25) is 18.1 Å². The molecule has 0 amide bonds. The van der Waals surface area contributed by atoms with Crippen LogP contribution in [0.1, 0.15) is 44.0 Å². The highest BCUT2D eigenvalue weighted by atomic mass is 28.4. The van der Waals surface area contributed by atoms with Crippen molar-refractivity contribution in [3.8, 4) is 0 Å². The largest absolute Gasteiger partial charge is 0.478 e. The summed E-state index contributed by atoms with van der Waals surface area (Å²) in [6.07, 6.45) is 3.04. The molecule has 1 aromatic heterocycles. The molecule has 26 heavy (non-hydrogen) atoms. The highest BCUT2D eigenvalue weighted by molar-refractivity contribution is 6.74.